The van der Waals surface area contributed by atoms with Crippen LogP contribution in [-0.2, 0) is 19.5 Å². The first-order chi connectivity index (χ1) is 14.3. The highest BCUT2D eigenvalue weighted by Crippen LogP contribution is 2.32. The number of nitrogens with zero attached hydrogens (tertiary/aromatic N) is 1. The van der Waals surface area contributed by atoms with E-state index in [9.17, 15) is 13.2 Å². The number of para-hydroxylation sites is 1. The second-order valence-electron chi connectivity index (χ2n) is 6.19. The Morgan fingerprint density at radius 2 is 1.67 bits per heavy atom. The van der Waals surface area contributed by atoms with Gasteiger partial charge in [-0.1, -0.05) is 40.9 Å². The molecular formula is C19H18Cl3NO6S. The first kappa shape index (κ1) is 23.1. The van der Waals surface area contributed by atoms with Crippen molar-refractivity contribution < 1.29 is 27.4 Å². The molecule has 1 heterocycles. The fraction of sp³-hybridized carbons (Fsp3) is 0.316. The topological polar surface area (TPSA) is 82.1 Å². The third kappa shape index (κ3) is 5.38. The molecule has 3 rings (SSSR count). The second-order valence-corrected chi connectivity index (χ2v) is 9.35. The molecule has 0 unspecified atom stereocenters. The molecule has 1 fully saturated rings. The zero-order valence-electron chi connectivity index (χ0n) is 15.6. The molecule has 7 nitrogen and oxygen atoms in total. The number of halogens is 3. The molecule has 1 saturated heterocycles. The Hall–Kier alpha value is -1.55. The molecule has 11 heteroatoms. The lowest BCUT2D eigenvalue weighted by atomic mass is 10.2. The molecule has 0 aliphatic carbocycles. The van der Waals surface area contributed by atoms with Crippen LogP contribution in [0.3, 0.4) is 0 Å². The van der Waals surface area contributed by atoms with Gasteiger partial charge < -0.3 is 14.2 Å². The van der Waals surface area contributed by atoms with E-state index in [-0.39, 0.29) is 47.5 Å². The van der Waals surface area contributed by atoms with Gasteiger partial charge in [-0.15, -0.1) is 0 Å². The minimum absolute atomic E-state index is 0.00141. The van der Waals surface area contributed by atoms with E-state index in [1.54, 1.807) is 18.2 Å². The van der Waals surface area contributed by atoms with Gasteiger partial charge in [-0.05, 0) is 30.3 Å². The van der Waals surface area contributed by atoms with E-state index in [0.717, 1.165) is 0 Å². The minimum atomic E-state index is -3.77. The van der Waals surface area contributed by atoms with Crippen LogP contribution < -0.4 is 4.74 Å². The lowest BCUT2D eigenvalue weighted by molar-refractivity contribution is 0.0450. The van der Waals surface area contributed by atoms with E-state index < -0.39 is 16.0 Å². The van der Waals surface area contributed by atoms with Crippen molar-refractivity contribution in [2.75, 3.05) is 39.5 Å². The molecular weight excluding hydrogens is 477 g/mol. The van der Waals surface area contributed by atoms with Crippen molar-refractivity contribution in [1.29, 1.82) is 0 Å². The first-order valence-electron chi connectivity index (χ1n) is 8.92. The first-order valence-corrected chi connectivity index (χ1v) is 11.5. The summed E-state index contributed by atoms with van der Waals surface area (Å²) in [5.41, 5.74) is -0.0539. The minimum Gasteiger partial charge on any atom is -0.487 e. The van der Waals surface area contributed by atoms with Gasteiger partial charge in [-0.3, -0.25) is 0 Å². The molecule has 0 atom stereocenters. The standard InChI is InChI=1S/C19H18Cl3NO6S/c20-15-5-4-13(30(25,26)23-6-8-27-9-7-23)12-14(15)19(24)29-11-10-28-18-16(21)2-1-3-17(18)22/h1-5,12H,6-11H2. The number of hydrogen-bond donors (Lipinski definition) is 0. The number of esters is 1. The number of rotatable bonds is 7. The zero-order chi connectivity index (χ0) is 21.7. The van der Waals surface area contributed by atoms with Crippen LogP contribution >= 0.6 is 34.8 Å². The molecule has 0 saturated carbocycles. The van der Waals surface area contributed by atoms with Crippen LogP contribution in [0.25, 0.3) is 0 Å². The Kier molecular flexibility index (Phi) is 7.84. The highest BCUT2D eigenvalue weighted by atomic mass is 35.5. The Labute approximate surface area is 189 Å². The molecule has 2 aromatic carbocycles. The van der Waals surface area contributed by atoms with Gasteiger partial charge in [0.15, 0.2) is 5.75 Å². The van der Waals surface area contributed by atoms with Crippen molar-refractivity contribution in [1.82, 2.24) is 4.31 Å². The summed E-state index contributed by atoms with van der Waals surface area (Å²) >= 11 is 18.1. The van der Waals surface area contributed by atoms with Crippen LogP contribution in [0.15, 0.2) is 41.3 Å². The Bertz CT molecular complexity index is 1000. The predicted octanol–water partition coefficient (Wildman–Crippen LogP) is 3.90. The number of benzene rings is 2. The normalized spacial score (nSPS) is 15.0. The largest absolute Gasteiger partial charge is 0.487 e. The maximum Gasteiger partial charge on any atom is 0.339 e. The summed E-state index contributed by atoms with van der Waals surface area (Å²) in [7, 11) is -3.77. The van der Waals surface area contributed by atoms with Crippen molar-refractivity contribution in [2.24, 2.45) is 0 Å². The summed E-state index contributed by atoms with van der Waals surface area (Å²) in [4.78, 5) is 12.4. The molecule has 0 bridgehead atoms. The van der Waals surface area contributed by atoms with Gasteiger partial charge >= 0.3 is 5.97 Å². The van der Waals surface area contributed by atoms with Crippen LogP contribution in [0.2, 0.25) is 15.1 Å². The summed E-state index contributed by atoms with van der Waals surface area (Å²) in [5.74, 6) is -0.485. The van der Waals surface area contributed by atoms with E-state index in [2.05, 4.69) is 0 Å². The van der Waals surface area contributed by atoms with Gasteiger partial charge in [0, 0.05) is 13.1 Å². The maximum absolute atomic E-state index is 12.8. The predicted molar refractivity (Wildman–Crippen MR) is 113 cm³/mol. The van der Waals surface area contributed by atoms with Crippen molar-refractivity contribution in [3.8, 4) is 5.75 Å². The van der Waals surface area contributed by atoms with Crippen molar-refractivity contribution in [3.05, 3.63) is 57.0 Å². The van der Waals surface area contributed by atoms with Crippen LogP contribution in [0.4, 0.5) is 0 Å². The third-order valence-corrected chi connectivity index (χ3v) is 7.07. The number of ether oxygens (including phenoxy) is 3. The molecule has 1 aliphatic rings. The molecule has 0 radical (unpaired) electrons. The van der Waals surface area contributed by atoms with Gasteiger partial charge in [0.25, 0.3) is 0 Å². The lowest BCUT2D eigenvalue weighted by Crippen LogP contribution is -2.40. The van der Waals surface area contributed by atoms with E-state index in [1.165, 1.54) is 22.5 Å². The fourth-order valence-electron chi connectivity index (χ4n) is 2.73. The van der Waals surface area contributed by atoms with Crippen molar-refractivity contribution in [2.45, 2.75) is 4.90 Å². The quantitative estimate of drug-likeness (QED) is 0.429. The van der Waals surface area contributed by atoms with Crippen molar-refractivity contribution >= 4 is 50.8 Å². The Balaban J connectivity index is 1.65. The van der Waals surface area contributed by atoms with Crippen LogP contribution in [0.1, 0.15) is 10.4 Å². The molecule has 2 aromatic rings. The number of morpholine rings is 1. The molecule has 0 aromatic heterocycles. The number of carbonyl (C=O) groups is 1. The molecule has 1 aliphatic heterocycles. The molecule has 30 heavy (non-hydrogen) atoms. The summed E-state index contributed by atoms with van der Waals surface area (Å²) in [6.07, 6.45) is 0. The highest BCUT2D eigenvalue weighted by Gasteiger charge is 2.28. The SMILES string of the molecule is O=C(OCCOc1c(Cl)cccc1Cl)c1cc(S(=O)(=O)N2CCOCC2)ccc1Cl. The molecule has 0 spiro atoms. The summed E-state index contributed by atoms with van der Waals surface area (Å²) < 4.78 is 42.7. The fourth-order valence-corrected chi connectivity index (χ4v) is 4.87. The zero-order valence-corrected chi connectivity index (χ0v) is 18.7. The van der Waals surface area contributed by atoms with Gasteiger partial charge in [-0.25, -0.2) is 13.2 Å². The van der Waals surface area contributed by atoms with Crippen molar-refractivity contribution in [3.63, 3.8) is 0 Å². The van der Waals surface area contributed by atoms with Gasteiger partial charge in [0.1, 0.15) is 13.2 Å². The smallest absolute Gasteiger partial charge is 0.339 e. The van der Waals surface area contributed by atoms with Crippen LogP contribution in [0.5, 0.6) is 5.75 Å². The second kappa shape index (κ2) is 10.2. The van der Waals surface area contributed by atoms with Gasteiger partial charge in [-0.2, -0.15) is 4.31 Å². The average Bonchev–Trinajstić information content (AvgIpc) is 2.73. The van der Waals surface area contributed by atoms with E-state index in [4.69, 9.17) is 49.0 Å². The van der Waals surface area contributed by atoms with Crippen LogP contribution in [0, 0.1) is 0 Å². The third-order valence-electron chi connectivity index (χ3n) is 4.25. The summed E-state index contributed by atoms with van der Waals surface area (Å²) in [6.45, 7) is 1.00. The van der Waals surface area contributed by atoms with E-state index in [0.29, 0.717) is 23.3 Å². The van der Waals surface area contributed by atoms with Gasteiger partial charge in [0.2, 0.25) is 10.0 Å². The summed E-state index contributed by atoms with van der Waals surface area (Å²) in [5, 5.41) is 0.742. The van der Waals surface area contributed by atoms with Crippen LogP contribution in [-0.4, -0.2) is 58.2 Å². The Morgan fingerprint density at radius 3 is 2.33 bits per heavy atom. The lowest BCUT2D eigenvalue weighted by Gasteiger charge is -2.26. The average molecular weight is 495 g/mol. The number of hydrogen-bond acceptors (Lipinski definition) is 6. The summed E-state index contributed by atoms with van der Waals surface area (Å²) in [6, 6.07) is 8.83. The van der Waals surface area contributed by atoms with E-state index >= 15 is 0 Å². The van der Waals surface area contributed by atoms with Gasteiger partial charge in [0.05, 0.1) is 38.7 Å². The Morgan fingerprint density at radius 1 is 1.00 bits per heavy atom. The molecule has 0 N–H and O–H groups in total. The molecule has 162 valence electrons. The number of carbonyl (C=O) groups excluding carboxylic acids is 1. The number of sulfonamides is 1. The van der Waals surface area contributed by atoms with E-state index in [1.807, 2.05) is 0 Å². The monoisotopic (exact) mass is 493 g/mol. The molecule has 0 amide bonds. The highest BCUT2D eigenvalue weighted by molar-refractivity contribution is 7.89. The maximum atomic E-state index is 12.8.